The van der Waals surface area contributed by atoms with Gasteiger partial charge in [0.1, 0.15) is 5.76 Å². The van der Waals surface area contributed by atoms with E-state index in [0.29, 0.717) is 0 Å². The summed E-state index contributed by atoms with van der Waals surface area (Å²) in [6.45, 7) is 3.45. The van der Waals surface area contributed by atoms with E-state index in [9.17, 15) is 0 Å². The lowest BCUT2D eigenvalue weighted by Crippen LogP contribution is -2.35. The number of fused-ring (bicyclic) bond motifs is 1. The summed E-state index contributed by atoms with van der Waals surface area (Å²) in [7, 11) is 0. The zero-order valence-electron chi connectivity index (χ0n) is 12.0. The minimum Gasteiger partial charge on any atom is -0.454 e. The van der Waals surface area contributed by atoms with Crippen LogP contribution in [-0.4, -0.2) is 39.3 Å². The van der Waals surface area contributed by atoms with Gasteiger partial charge in [-0.25, -0.2) is 0 Å². The van der Waals surface area contributed by atoms with Crippen molar-refractivity contribution in [2.75, 3.05) is 38.0 Å². The molecule has 0 unspecified atom stereocenters. The molecule has 1 aromatic heterocycles. The van der Waals surface area contributed by atoms with Gasteiger partial charge in [-0.15, -0.1) is 0 Å². The zero-order chi connectivity index (χ0) is 14.8. The standard InChI is InChI=1S/C16H16N2O4/c1-3-14-15(21-11-20-14)9-12(1)17-10-13-2-4-16(22-13)18-5-7-19-8-6-18/h1-4,9-10H,5-8,11H2. The maximum atomic E-state index is 5.80. The first-order valence-electron chi connectivity index (χ1n) is 7.25. The predicted octanol–water partition coefficient (Wildman–Crippen LogP) is 2.60. The number of hydrogen-bond acceptors (Lipinski definition) is 6. The van der Waals surface area contributed by atoms with E-state index in [-0.39, 0.29) is 6.79 Å². The van der Waals surface area contributed by atoms with Crippen LogP contribution in [-0.2, 0) is 4.74 Å². The highest BCUT2D eigenvalue weighted by atomic mass is 16.7. The van der Waals surface area contributed by atoms with Crippen LogP contribution in [0.1, 0.15) is 5.76 Å². The second-order valence-electron chi connectivity index (χ2n) is 5.07. The summed E-state index contributed by atoms with van der Waals surface area (Å²) < 4.78 is 21.8. The van der Waals surface area contributed by atoms with E-state index in [2.05, 4.69) is 9.89 Å². The lowest BCUT2D eigenvalue weighted by atomic mass is 10.3. The SMILES string of the molecule is C(=Nc1ccc2c(c1)OCO2)c1ccc(N2CCOCC2)o1. The molecule has 2 aliphatic heterocycles. The minimum atomic E-state index is 0.267. The topological polar surface area (TPSA) is 56.4 Å². The molecule has 1 aromatic carbocycles. The largest absolute Gasteiger partial charge is 0.454 e. The van der Waals surface area contributed by atoms with Crippen LogP contribution in [0.15, 0.2) is 39.7 Å². The van der Waals surface area contributed by atoms with Crippen LogP contribution in [0.3, 0.4) is 0 Å². The first kappa shape index (κ1) is 13.2. The van der Waals surface area contributed by atoms with E-state index in [1.807, 2.05) is 30.3 Å². The lowest BCUT2D eigenvalue weighted by Gasteiger charge is -2.26. The molecule has 0 N–H and O–H groups in total. The van der Waals surface area contributed by atoms with Crippen molar-refractivity contribution in [1.82, 2.24) is 0 Å². The summed E-state index contributed by atoms with van der Waals surface area (Å²) in [6.07, 6.45) is 1.71. The molecule has 4 rings (SSSR count). The molecule has 0 radical (unpaired) electrons. The quantitative estimate of drug-likeness (QED) is 0.816. The van der Waals surface area contributed by atoms with Gasteiger partial charge < -0.3 is 23.5 Å². The molecule has 6 heteroatoms. The molecule has 0 saturated carbocycles. The predicted molar refractivity (Wildman–Crippen MR) is 81.6 cm³/mol. The van der Waals surface area contributed by atoms with Crippen LogP contribution >= 0.6 is 0 Å². The highest BCUT2D eigenvalue weighted by Crippen LogP contribution is 2.35. The van der Waals surface area contributed by atoms with Gasteiger partial charge >= 0.3 is 0 Å². The number of hydrogen-bond donors (Lipinski definition) is 0. The third-order valence-corrected chi connectivity index (χ3v) is 3.63. The molecule has 6 nitrogen and oxygen atoms in total. The Balaban J connectivity index is 1.47. The summed E-state index contributed by atoms with van der Waals surface area (Å²) in [5.41, 5.74) is 0.800. The molecule has 0 bridgehead atoms. The maximum absolute atomic E-state index is 5.80. The van der Waals surface area contributed by atoms with Gasteiger partial charge in [-0.1, -0.05) is 0 Å². The molecular formula is C16H16N2O4. The van der Waals surface area contributed by atoms with Gasteiger partial charge in [-0.3, -0.25) is 4.99 Å². The summed E-state index contributed by atoms with van der Waals surface area (Å²) in [4.78, 5) is 6.58. The van der Waals surface area contributed by atoms with E-state index < -0.39 is 0 Å². The van der Waals surface area contributed by atoms with Crippen molar-refractivity contribution in [1.29, 1.82) is 0 Å². The number of morpholine rings is 1. The number of anilines is 1. The van der Waals surface area contributed by atoms with E-state index in [1.54, 1.807) is 6.21 Å². The zero-order valence-corrected chi connectivity index (χ0v) is 12.0. The summed E-state index contributed by atoms with van der Waals surface area (Å²) in [5, 5.41) is 0. The van der Waals surface area contributed by atoms with Gasteiger partial charge in [-0.05, 0) is 18.2 Å². The average molecular weight is 300 g/mol. The smallest absolute Gasteiger partial charge is 0.231 e. The number of nitrogens with zero attached hydrogens (tertiary/aromatic N) is 2. The highest BCUT2D eigenvalue weighted by Gasteiger charge is 2.15. The Bertz CT molecular complexity index is 689. The van der Waals surface area contributed by atoms with Gasteiger partial charge in [-0.2, -0.15) is 0 Å². The molecule has 0 atom stereocenters. The van der Waals surface area contributed by atoms with Crippen LogP contribution in [0.4, 0.5) is 11.6 Å². The Morgan fingerprint density at radius 3 is 2.77 bits per heavy atom. The Morgan fingerprint density at radius 2 is 1.86 bits per heavy atom. The molecule has 1 saturated heterocycles. The summed E-state index contributed by atoms with van der Waals surface area (Å²) >= 11 is 0. The molecule has 2 aliphatic rings. The fourth-order valence-corrected chi connectivity index (χ4v) is 2.47. The van der Waals surface area contributed by atoms with Crippen molar-refractivity contribution in [2.45, 2.75) is 0 Å². The first-order valence-corrected chi connectivity index (χ1v) is 7.25. The molecule has 0 spiro atoms. The van der Waals surface area contributed by atoms with Gasteiger partial charge in [0.15, 0.2) is 17.4 Å². The summed E-state index contributed by atoms with van der Waals surface area (Å²) in [6, 6.07) is 9.48. The van der Waals surface area contributed by atoms with E-state index in [1.165, 1.54) is 0 Å². The minimum absolute atomic E-state index is 0.267. The fourth-order valence-electron chi connectivity index (χ4n) is 2.47. The fraction of sp³-hybridized carbons (Fsp3) is 0.312. The van der Waals surface area contributed by atoms with Crippen molar-refractivity contribution in [3.8, 4) is 11.5 Å². The monoisotopic (exact) mass is 300 g/mol. The molecular weight excluding hydrogens is 284 g/mol. The van der Waals surface area contributed by atoms with E-state index in [4.69, 9.17) is 18.6 Å². The number of aliphatic imine (C=N–C) groups is 1. The number of ether oxygens (including phenoxy) is 3. The highest BCUT2D eigenvalue weighted by molar-refractivity contribution is 5.79. The van der Waals surface area contributed by atoms with Crippen molar-refractivity contribution in [3.63, 3.8) is 0 Å². The van der Waals surface area contributed by atoms with Gasteiger partial charge in [0.25, 0.3) is 0 Å². The van der Waals surface area contributed by atoms with Crippen LogP contribution in [0.25, 0.3) is 0 Å². The van der Waals surface area contributed by atoms with E-state index >= 15 is 0 Å². The number of rotatable bonds is 3. The van der Waals surface area contributed by atoms with E-state index in [0.717, 1.165) is 55.1 Å². The normalized spacial score (nSPS) is 17.4. The Labute approximate surface area is 127 Å². The number of furan rings is 1. The van der Waals surface area contributed by atoms with Crippen molar-refractivity contribution >= 4 is 17.8 Å². The third-order valence-electron chi connectivity index (χ3n) is 3.63. The third kappa shape index (κ3) is 2.65. The Kier molecular flexibility index (Phi) is 3.44. The molecule has 3 heterocycles. The molecule has 0 amide bonds. The average Bonchev–Trinajstić information content (AvgIpc) is 3.22. The van der Waals surface area contributed by atoms with Gasteiger partial charge in [0.05, 0.1) is 25.1 Å². The molecule has 1 fully saturated rings. The second kappa shape index (κ2) is 5.73. The Hall–Kier alpha value is -2.47. The maximum Gasteiger partial charge on any atom is 0.231 e. The molecule has 22 heavy (non-hydrogen) atoms. The summed E-state index contributed by atoms with van der Waals surface area (Å²) in [5.74, 6) is 3.06. The lowest BCUT2D eigenvalue weighted by molar-refractivity contribution is 0.120. The van der Waals surface area contributed by atoms with Gasteiger partial charge in [0, 0.05) is 25.2 Å². The van der Waals surface area contributed by atoms with Crippen molar-refractivity contribution in [3.05, 3.63) is 36.1 Å². The van der Waals surface area contributed by atoms with Crippen molar-refractivity contribution in [2.24, 2.45) is 4.99 Å². The molecule has 0 aliphatic carbocycles. The number of benzene rings is 1. The Morgan fingerprint density at radius 1 is 1.00 bits per heavy atom. The van der Waals surface area contributed by atoms with Crippen molar-refractivity contribution < 1.29 is 18.6 Å². The van der Waals surface area contributed by atoms with Crippen LogP contribution < -0.4 is 14.4 Å². The second-order valence-corrected chi connectivity index (χ2v) is 5.07. The van der Waals surface area contributed by atoms with Crippen LogP contribution in [0, 0.1) is 0 Å². The van der Waals surface area contributed by atoms with Crippen LogP contribution in [0.5, 0.6) is 11.5 Å². The molecule has 2 aromatic rings. The first-order chi connectivity index (χ1) is 10.9. The van der Waals surface area contributed by atoms with Gasteiger partial charge in [0.2, 0.25) is 6.79 Å². The van der Waals surface area contributed by atoms with Crippen LogP contribution in [0.2, 0.25) is 0 Å². The molecule has 114 valence electrons.